The maximum absolute atomic E-state index is 11.8. The second kappa shape index (κ2) is 7.40. The fourth-order valence-electron chi connectivity index (χ4n) is 1.56. The van der Waals surface area contributed by atoms with E-state index in [1.165, 1.54) is 18.6 Å². The number of hydrogen-bond acceptors (Lipinski definition) is 5. The molecule has 2 aromatic rings. The highest BCUT2D eigenvalue weighted by Crippen LogP contribution is 2.15. The monoisotopic (exact) mass is 280 g/mol. The van der Waals surface area contributed by atoms with Crippen molar-refractivity contribution in [1.29, 1.82) is 5.26 Å². The molecule has 0 unspecified atom stereocenters. The van der Waals surface area contributed by atoms with Gasteiger partial charge in [-0.3, -0.25) is 9.78 Å². The number of rotatable bonds is 5. The molecule has 1 heterocycles. The zero-order valence-electron chi connectivity index (χ0n) is 11.1. The van der Waals surface area contributed by atoms with E-state index in [1.54, 1.807) is 30.3 Å². The predicted molar refractivity (Wildman–Crippen MR) is 76.8 cm³/mol. The highest BCUT2D eigenvalue weighted by molar-refractivity contribution is 5.94. The Hall–Kier alpha value is -3.20. The number of benzene rings is 1. The molecule has 2 rings (SSSR count). The van der Waals surface area contributed by atoms with E-state index >= 15 is 0 Å². The largest absolute Gasteiger partial charge is 0.478 e. The van der Waals surface area contributed by atoms with Crippen molar-refractivity contribution in [3.05, 3.63) is 59.9 Å². The molecule has 6 nitrogen and oxygen atoms in total. The molecule has 0 radical (unpaired) electrons. The number of pyridine rings is 1. The van der Waals surface area contributed by atoms with Gasteiger partial charge in [0.2, 0.25) is 0 Å². The van der Waals surface area contributed by atoms with Crippen molar-refractivity contribution in [3.63, 3.8) is 0 Å². The minimum Gasteiger partial charge on any atom is -0.478 e. The third-order valence-corrected chi connectivity index (χ3v) is 2.52. The van der Waals surface area contributed by atoms with Gasteiger partial charge in [-0.25, -0.2) is 5.43 Å². The molecule has 1 aromatic heterocycles. The quantitative estimate of drug-likeness (QED) is 0.667. The first-order valence-electron chi connectivity index (χ1n) is 6.13. The van der Waals surface area contributed by atoms with Crippen LogP contribution in [0.2, 0.25) is 0 Å². The van der Waals surface area contributed by atoms with Crippen LogP contribution in [0.1, 0.15) is 15.9 Å². The van der Waals surface area contributed by atoms with Crippen molar-refractivity contribution < 1.29 is 9.53 Å². The first kappa shape index (κ1) is 14.2. The van der Waals surface area contributed by atoms with Crippen molar-refractivity contribution in [2.45, 2.75) is 0 Å². The number of carbonyl (C=O) groups is 1. The molecule has 1 amide bonds. The van der Waals surface area contributed by atoms with Gasteiger partial charge in [0, 0.05) is 23.5 Å². The molecular weight excluding hydrogens is 268 g/mol. The molecule has 0 aliphatic carbocycles. The molecule has 1 N–H and O–H groups in total. The number of para-hydroxylation sites is 1. The van der Waals surface area contributed by atoms with Crippen LogP contribution in [0.3, 0.4) is 0 Å². The minimum atomic E-state index is -0.330. The number of hydrazone groups is 1. The van der Waals surface area contributed by atoms with Crippen LogP contribution in [0.25, 0.3) is 0 Å². The highest BCUT2D eigenvalue weighted by Gasteiger charge is 2.03. The number of ether oxygens (including phenoxy) is 1. The second-order valence-corrected chi connectivity index (χ2v) is 3.92. The van der Waals surface area contributed by atoms with Crippen LogP contribution in [0.15, 0.2) is 53.9 Å². The van der Waals surface area contributed by atoms with Crippen LogP contribution in [-0.2, 0) is 0 Å². The molecule has 0 saturated carbocycles. The molecule has 0 saturated heterocycles. The molecule has 1 aromatic carbocycles. The summed E-state index contributed by atoms with van der Waals surface area (Å²) in [5, 5.41) is 12.4. The fraction of sp³-hybridized carbons (Fsp3) is 0.0667. The van der Waals surface area contributed by atoms with Crippen LogP contribution >= 0.6 is 0 Å². The molecule has 0 atom stereocenters. The SMILES string of the molecule is N#CCOc1ccccc1C=NNC(=O)c1ccncc1. The van der Waals surface area contributed by atoms with Gasteiger partial charge >= 0.3 is 0 Å². The summed E-state index contributed by atoms with van der Waals surface area (Å²) in [6, 6.07) is 12.2. The predicted octanol–water partition coefficient (Wildman–Crippen LogP) is 1.75. The number of nitriles is 1. The van der Waals surface area contributed by atoms with Crippen molar-refractivity contribution in [1.82, 2.24) is 10.4 Å². The smallest absolute Gasteiger partial charge is 0.271 e. The number of nitrogens with one attached hydrogen (secondary N) is 1. The Morgan fingerprint density at radius 2 is 2.10 bits per heavy atom. The van der Waals surface area contributed by atoms with Gasteiger partial charge in [-0.1, -0.05) is 12.1 Å². The standard InChI is InChI=1S/C15H12N4O2/c16-7-10-21-14-4-2-1-3-13(14)11-18-19-15(20)12-5-8-17-9-6-12/h1-6,8-9,11H,10H2,(H,19,20). The lowest BCUT2D eigenvalue weighted by atomic mass is 10.2. The Balaban J connectivity index is 2.02. The van der Waals surface area contributed by atoms with E-state index in [-0.39, 0.29) is 12.5 Å². The Morgan fingerprint density at radius 3 is 2.86 bits per heavy atom. The summed E-state index contributed by atoms with van der Waals surface area (Å²) < 4.78 is 5.26. The molecular formula is C15H12N4O2. The normalized spacial score (nSPS) is 10.0. The number of carbonyl (C=O) groups excluding carboxylic acids is 1. The number of hydrogen-bond donors (Lipinski definition) is 1. The van der Waals surface area contributed by atoms with Gasteiger partial charge in [0.15, 0.2) is 6.61 Å². The van der Waals surface area contributed by atoms with Crippen LogP contribution in [0, 0.1) is 11.3 Å². The molecule has 0 fully saturated rings. The van der Waals surface area contributed by atoms with Gasteiger partial charge in [0.05, 0.1) is 6.21 Å². The summed E-state index contributed by atoms with van der Waals surface area (Å²) in [5.74, 6) is 0.199. The zero-order chi connectivity index (χ0) is 14.9. The van der Waals surface area contributed by atoms with Crippen LogP contribution < -0.4 is 10.2 Å². The highest BCUT2D eigenvalue weighted by atomic mass is 16.5. The number of amides is 1. The van der Waals surface area contributed by atoms with E-state index in [0.717, 1.165) is 0 Å². The van der Waals surface area contributed by atoms with Gasteiger partial charge in [-0.15, -0.1) is 0 Å². The number of nitrogens with zero attached hydrogens (tertiary/aromatic N) is 3. The Labute approximate surface area is 121 Å². The van der Waals surface area contributed by atoms with Crippen molar-refractivity contribution in [2.24, 2.45) is 5.10 Å². The third-order valence-electron chi connectivity index (χ3n) is 2.52. The van der Waals surface area contributed by atoms with Crippen LogP contribution in [0.4, 0.5) is 0 Å². The van der Waals surface area contributed by atoms with Gasteiger partial charge < -0.3 is 4.74 Å². The van der Waals surface area contributed by atoms with Gasteiger partial charge in [-0.2, -0.15) is 10.4 Å². The summed E-state index contributed by atoms with van der Waals surface area (Å²) >= 11 is 0. The summed E-state index contributed by atoms with van der Waals surface area (Å²) in [5.41, 5.74) is 3.55. The average Bonchev–Trinajstić information content (AvgIpc) is 2.54. The lowest BCUT2D eigenvalue weighted by Crippen LogP contribution is -2.17. The first-order chi connectivity index (χ1) is 10.3. The lowest BCUT2D eigenvalue weighted by Gasteiger charge is -2.04. The topological polar surface area (TPSA) is 87.4 Å². The van der Waals surface area contributed by atoms with Gasteiger partial charge in [0.25, 0.3) is 5.91 Å². The van der Waals surface area contributed by atoms with Crippen molar-refractivity contribution in [2.75, 3.05) is 6.61 Å². The Bertz CT molecular complexity index is 678. The average molecular weight is 280 g/mol. The summed E-state index contributed by atoms with van der Waals surface area (Å²) in [6.45, 7) is -0.0474. The molecule has 0 aliphatic rings. The third kappa shape index (κ3) is 4.14. The van der Waals surface area contributed by atoms with Gasteiger partial charge in [0.1, 0.15) is 11.8 Å². The maximum atomic E-state index is 11.8. The minimum absolute atomic E-state index is 0.0474. The maximum Gasteiger partial charge on any atom is 0.271 e. The summed E-state index contributed by atoms with van der Waals surface area (Å²) in [4.78, 5) is 15.6. The summed E-state index contributed by atoms with van der Waals surface area (Å²) in [6.07, 6.45) is 4.53. The Morgan fingerprint density at radius 1 is 1.33 bits per heavy atom. The molecule has 104 valence electrons. The Kier molecular flexibility index (Phi) is 5.01. The van der Waals surface area contributed by atoms with E-state index < -0.39 is 0 Å². The number of aromatic nitrogens is 1. The zero-order valence-corrected chi connectivity index (χ0v) is 11.1. The van der Waals surface area contributed by atoms with Gasteiger partial charge in [-0.05, 0) is 24.3 Å². The fourth-order valence-corrected chi connectivity index (χ4v) is 1.56. The van der Waals surface area contributed by atoms with Crippen molar-refractivity contribution in [3.8, 4) is 11.8 Å². The van der Waals surface area contributed by atoms with E-state index in [0.29, 0.717) is 16.9 Å². The van der Waals surface area contributed by atoms with E-state index in [9.17, 15) is 4.79 Å². The molecule has 6 heteroatoms. The second-order valence-electron chi connectivity index (χ2n) is 3.92. The van der Waals surface area contributed by atoms with Crippen LogP contribution in [-0.4, -0.2) is 23.7 Å². The van der Waals surface area contributed by atoms with E-state index in [2.05, 4.69) is 15.5 Å². The molecule has 0 spiro atoms. The van der Waals surface area contributed by atoms with Crippen molar-refractivity contribution >= 4 is 12.1 Å². The van der Waals surface area contributed by atoms with E-state index in [1.807, 2.05) is 12.1 Å². The summed E-state index contributed by atoms with van der Waals surface area (Å²) in [7, 11) is 0. The first-order valence-corrected chi connectivity index (χ1v) is 6.13. The molecule has 0 aliphatic heterocycles. The molecule has 21 heavy (non-hydrogen) atoms. The molecule has 0 bridgehead atoms. The lowest BCUT2D eigenvalue weighted by molar-refractivity contribution is 0.0955. The van der Waals surface area contributed by atoms with Crippen LogP contribution in [0.5, 0.6) is 5.75 Å². The van der Waals surface area contributed by atoms with E-state index in [4.69, 9.17) is 10.00 Å².